The summed E-state index contributed by atoms with van der Waals surface area (Å²) < 4.78 is 3.04. The van der Waals surface area contributed by atoms with E-state index in [2.05, 4.69) is 25.9 Å². The van der Waals surface area contributed by atoms with Gasteiger partial charge in [-0.05, 0) is 24.6 Å². The number of imidazole rings is 1. The highest BCUT2D eigenvalue weighted by atomic mass is 79.9. The largest absolute Gasteiger partial charge is 0.325 e. The van der Waals surface area contributed by atoms with Gasteiger partial charge >= 0.3 is 0 Å². The Labute approximate surface area is 119 Å². The third-order valence-corrected chi connectivity index (χ3v) is 3.62. The first-order valence-corrected chi connectivity index (χ1v) is 6.78. The molecule has 0 fully saturated rings. The van der Waals surface area contributed by atoms with E-state index < -0.39 is 0 Å². The summed E-state index contributed by atoms with van der Waals surface area (Å²) in [6.45, 7) is 2.39. The summed E-state index contributed by atoms with van der Waals surface area (Å²) in [6, 6.07) is 8.12. The highest BCUT2D eigenvalue weighted by Gasteiger charge is 2.10. The van der Waals surface area contributed by atoms with Crippen LogP contribution in [-0.2, 0) is 6.54 Å². The summed E-state index contributed by atoms with van der Waals surface area (Å²) in [5.41, 5.74) is 9.54. The molecule has 0 saturated carbocycles. The number of aryl methyl sites for hydroxylation is 1. The number of hydrogen-bond acceptors (Lipinski definition) is 3. The van der Waals surface area contributed by atoms with Crippen molar-refractivity contribution in [2.45, 2.75) is 13.5 Å². The van der Waals surface area contributed by atoms with Crippen LogP contribution >= 0.6 is 15.9 Å². The van der Waals surface area contributed by atoms with Crippen LogP contribution in [0, 0.1) is 6.92 Å². The highest BCUT2D eigenvalue weighted by Crippen LogP contribution is 2.25. The lowest BCUT2D eigenvalue weighted by Crippen LogP contribution is -1.96. The van der Waals surface area contributed by atoms with Gasteiger partial charge < -0.3 is 5.73 Å². The predicted molar refractivity (Wildman–Crippen MR) is 78.8 cm³/mol. The molecule has 0 aliphatic heterocycles. The topological polar surface area (TPSA) is 56.2 Å². The molecule has 0 radical (unpaired) electrons. The van der Waals surface area contributed by atoms with E-state index in [1.807, 2.05) is 48.0 Å². The molecule has 3 aromatic rings. The molecule has 0 amide bonds. The second kappa shape index (κ2) is 4.75. The highest BCUT2D eigenvalue weighted by molar-refractivity contribution is 9.10. The van der Waals surface area contributed by atoms with Crippen LogP contribution in [0.3, 0.4) is 0 Å². The van der Waals surface area contributed by atoms with Crippen LogP contribution in [0.4, 0.5) is 0 Å². The average Bonchev–Trinajstić information content (AvgIpc) is 2.86. The number of benzene rings is 1. The molecule has 2 aromatic heterocycles. The van der Waals surface area contributed by atoms with E-state index in [0.717, 1.165) is 32.8 Å². The molecule has 0 atom stereocenters. The van der Waals surface area contributed by atoms with E-state index >= 15 is 0 Å². The fraction of sp³-hybridized carbons (Fsp3) is 0.143. The van der Waals surface area contributed by atoms with Crippen LogP contribution in [-0.4, -0.2) is 14.4 Å². The van der Waals surface area contributed by atoms with E-state index in [-0.39, 0.29) is 0 Å². The van der Waals surface area contributed by atoms with Crippen LogP contribution in [0.5, 0.6) is 0 Å². The first-order chi connectivity index (χ1) is 9.19. The van der Waals surface area contributed by atoms with Crippen molar-refractivity contribution in [2.75, 3.05) is 0 Å². The lowest BCUT2D eigenvalue weighted by molar-refractivity contribution is 0.979. The fourth-order valence-corrected chi connectivity index (χ4v) is 2.34. The Morgan fingerprint density at radius 1 is 1.26 bits per heavy atom. The Hall–Kier alpha value is -1.72. The lowest BCUT2D eigenvalue weighted by atomic mass is 10.1. The first kappa shape index (κ1) is 12.3. The predicted octanol–water partition coefficient (Wildman–Crippen LogP) is 2.93. The van der Waals surface area contributed by atoms with Gasteiger partial charge in [-0.25, -0.2) is 9.97 Å². The van der Waals surface area contributed by atoms with Crippen LogP contribution in [0.1, 0.15) is 11.5 Å². The summed E-state index contributed by atoms with van der Waals surface area (Å²) in [6.07, 6.45) is 3.81. The van der Waals surface area contributed by atoms with Crippen LogP contribution in [0.25, 0.3) is 16.8 Å². The quantitative estimate of drug-likeness (QED) is 0.790. The molecule has 0 saturated heterocycles. The van der Waals surface area contributed by atoms with Gasteiger partial charge in [-0.2, -0.15) is 0 Å². The number of halogens is 1. The first-order valence-electron chi connectivity index (χ1n) is 5.98. The molecule has 2 heterocycles. The van der Waals surface area contributed by atoms with Gasteiger partial charge in [0, 0.05) is 29.0 Å². The molecule has 19 heavy (non-hydrogen) atoms. The maximum Gasteiger partial charge on any atom is 0.147 e. The van der Waals surface area contributed by atoms with E-state index in [9.17, 15) is 0 Å². The molecule has 5 heteroatoms. The SMILES string of the molecule is Cc1ncc(-c2ccc(Br)cc2)c2nc(CN)cn12. The monoisotopic (exact) mass is 316 g/mol. The van der Waals surface area contributed by atoms with Gasteiger partial charge in [-0.3, -0.25) is 4.40 Å². The molecule has 4 nitrogen and oxygen atoms in total. The van der Waals surface area contributed by atoms with Crippen LogP contribution in [0.15, 0.2) is 41.1 Å². The minimum absolute atomic E-state index is 0.431. The molecule has 0 bridgehead atoms. The molecule has 0 aliphatic carbocycles. The zero-order chi connectivity index (χ0) is 13.4. The Kier molecular flexibility index (Phi) is 3.08. The molecule has 0 spiro atoms. The van der Waals surface area contributed by atoms with Crippen molar-refractivity contribution in [3.8, 4) is 11.1 Å². The zero-order valence-electron chi connectivity index (χ0n) is 10.5. The van der Waals surface area contributed by atoms with Crippen molar-refractivity contribution < 1.29 is 0 Å². The van der Waals surface area contributed by atoms with Gasteiger partial charge in [-0.1, -0.05) is 28.1 Å². The third-order valence-electron chi connectivity index (χ3n) is 3.09. The summed E-state index contributed by atoms with van der Waals surface area (Å²) in [7, 11) is 0. The molecule has 3 rings (SSSR count). The number of nitrogens with zero attached hydrogens (tertiary/aromatic N) is 3. The van der Waals surface area contributed by atoms with Gasteiger partial charge in [-0.15, -0.1) is 0 Å². The van der Waals surface area contributed by atoms with Gasteiger partial charge in [0.05, 0.1) is 5.69 Å². The van der Waals surface area contributed by atoms with Crippen molar-refractivity contribution in [2.24, 2.45) is 5.73 Å². The second-order valence-electron chi connectivity index (χ2n) is 4.36. The average molecular weight is 317 g/mol. The molecule has 1 aromatic carbocycles. The van der Waals surface area contributed by atoms with E-state index in [0.29, 0.717) is 6.54 Å². The molecular formula is C14H13BrN4. The number of rotatable bonds is 2. The smallest absolute Gasteiger partial charge is 0.147 e. The van der Waals surface area contributed by atoms with Crippen LogP contribution in [0.2, 0.25) is 0 Å². The zero-order valence-corrected chi connectivity index (χ0v) is 12.1. The second-order valence-corrected chi connectivity index (χ2v) is 5.27. The minimum Gasteiger partial charge on any atom is -0.325 e. The number of fused-ring (bicyclic) bond motifs is 1. The van der Waals surface area contributed by atoms with Crippen molar-refractivity contribution in [1.82, 2.24) is 14.4 Å². The summed E-state index contributed by atoms with van der Waals surface area (Å²) in [5, 5.41) is 0. The van der Waals surface area contributed by atoms with Crippen molar-refractivity contribution in [1.29, 1.82) is 0 Å². The van der Waals surface area contributed by atoms with Crippen molar-refractivity contribution in [3.63, 3.8) is 0 Å². The standard InChI is InChI=1S/C14H13BrN4/c1-9-17-7-13(10-2-4-11(15)5-3-10)14-18-12(6-16)8-19(9)14/h2-5,7-8H,6,16H2,1H3. The molecule has 96 valence electrons. The fourth-order valence-electron chi connectivity index (χ4n) is 2.07. The van der Waals surface area contributed by atoms with Crippen molar-refractivity contribution in [3.05, 3.63) is 52.7 Å². The maximum atomic E-state index is 5.67. The van der Waals surface area contributed by atoms with E-state index in [1.165, 1.54) is 0 Å². The molecular weight excluding hydrogens is 304 g/mol. The van der Waals surface area contributed by atoms with Crippen molar-refractivity contribution >= 4 is 21.6 Å². The minimum atomic E-state index is 0.431. The molecule has 0 unspecified atom stereocenters. The lowest BCUT2D eigenvalue weighted by Gasteiger charge is -2.05. The number of nitrogens with two attached hydrogens (primary N) is 1. The van der Waals surface area contributed by atoms with Gasteiger partial charge in [0.2, 0.25) is 0 Å². The third kappa shape index (κ3) is 2.15. The van der Waals surface area contributed by atoms with Crippen LogP contribution < -0.4 is 5.73 Å². The van der Waals surface area contributed by atoms with Gasteiger partial charge in [0.15, 0.2) is 0 Å². The number of hydrogen-bond donors (Lipinski definition) is 1. The van der Waals surface area contributed by atoms with E-state index in [4.69, 9.17) is 5.73 Å². The Morgan fingerprint density at radius 3 is 2.68 bits per heavy atom. The Bertz CT molecular complexity index is 731. The van der Waals surface area contributed by atoms with Gasteiger partial charge in [0.1, 0.15) is 11.5 Å². The summed E-state index contributed by atoms with van der Waals surface area (Å²) in [5.74, 6) is 0.906. The number of aromatic nitrogens is 3. The van der Waals surface area contributed by atoms with Gasteiger partial charge in [0.25, 0.3) is 0 Å². The Morgan fingerprint density at radius 2 is 2.00 bits per heavy atom. The molecule has 0 aliphatic rings. The Balaban J connectivity index is 2.26. The maximum absolute atomic E-state index is 5.67. The summed E-state index contributed by atoms with van der Waals surface area (Å²) in [4.78, 5) is 9.00. The molecule has 2 N–H and O–H groups in total. The normalized spacial score (nSPS) is 11.1. The summed E-state index contributed by atoms with van der Waals surface area (Å²) >= 11 is 3.44. The van der Waals surface area contributed by atoms with E-state index in [1.54, 1.807) is 0 Å².